The number of carboxylic acid groups (broad SMARTS) is 1. The van der Waals surface area contributed by atoms with Gasteiger partial charge in [-0.2, -0.15) is 0 Å². The van der Waals surface area contributed by atoms with Crippen LogP contribution < -0.4 is 0 Å². The molecule has 27 heavy (non-hydrogen) atoms. The van der Waals surface area contributed by atoms with Crippen molar-refractivity contribution >= 4 is 39.1 Å². The molecule has 0 unspecified atom stereocenters. The summed E-state index contributed by atoms with van der Waals surface area (Å²) in [5, 5.41) is 8.94. The Kier molecular flexibility index (Phi) is 5.25. The summed E-state index contributed by atoms with van der Waals surface area (Å²) in [5.74, 6) is 2.55. The highest BCUT2D eigenvalue weighted by atomic mass is 33.1. The highest BCUT2D eigenvalue weighted by Crippen LogP contribution is 2.65. The molecule has 0 bridgehead atoms. The second kappa shape index (κ2) is 7.25. The summed E-state index contributed by atoms with van der Waals surface area (Å²) in [5.41, 5.74) is 1.22. The predicted octanol–water partition coefficient (Wildman–Crippen LogP) is 4.53. The van der Waals surface area contributed by atoms with Crippen LogP contribution in [0.2, 0.25) is 0 Å². The maximum absolute atomic E-state index is 12.6. The number of aliphatic carboxylic acids is 1. The summed E-state index contributed by atoms with van der Waals surface area (Å²) >= 11 is 0. The number of ketones is 2. The molecule has 0 aliphatic heterocycles. The van der Waals surface area contributed by atoms with Crippen LogP contribution in [0.4, 0.5) is 0 Å². The zero-order valence-corrected chi connectivity index (χ0v) is 17.5. The van der Waals surface area contributed by atoms with Gasteiger partial charge in [0.05, 0.1) is 0 Å². The zero-order valence-electron chi connectivity index (χ0n) is 15.9. The van der Waals surface area contributed by atoms with E-state index in [1.165, 1.54) is 16.4 Å². The standard InChI is InChI=1S/C21H28O4S2/c1-20-8-7-17-15(16(20)4-5-18(20)23)3-2-13-10-14(22)6-9-21(13,17)12-27-26-11-19(24)25/h10,15-17H,2-9,11-12H2,1H3,(H,24,25)/t15-,16-,17-,20-,21+/m0/s1. The Morgan fingerprint density at radius 2 is 1.93 bits per heavy atom. The van der Waals surface area contributed by atoms with Gasteiger partial charge in [-0.15, -0.1) is 0 Å². The second-order valence-electron chi connectivity index (χ2n) is 9.04. The molecule has 5 atom stereocenters. The summed E-state index contributed by atoms with van der Waals surface area (Å²) in [4.78, 5) is 35.5. The quantitative estimate of drug-likeness (QED) is 0.532. The molecule has 0 aromatic rings. The summed E-state index contributed by atoms with van der Waals surface area (Å²) in [6, 6.07) is 0. The van der Waals surface area contributed by atoms with Gasteiger partial charge in [0.1, 0.15) is 11.5 Å². The van der Waals surface area contributed by atoms with Gasteiger partial charge in [0.15, 0.2) is 5.78 Å². The van der Waals surface area contributed by atoms with Gasteiger partial charge in [-0.05, 0) is 62.4 Å². The minimum atomic E-state index is -0.779. The van der Waals surface area contributed by atoms with E-state index in [4.69, 9.17) is 5.11 Å². The Morgan fingerprint density at radius 1 is 1.11 bits per heavy atom. The Hall–Kier alpha value is -0.750. The molecule has 4 rings (SSSR count). The number of rotatable bonds is 5. The van der Waals surface area contributed by atoms with Crippen LogP contribution in [0.25, 0.3) is 0 Å². The van der Waals surface area contributed by atoms with Crippen LogP contribution in [-0.2, 0) is 14.4 Å². The number of carbonyl (C=O) groups excluding carboxylic acids is 2. The topological polar surface area (TPSA) is 71.4 Å². The number of carboxylic acids is 1. The third kappa shape index (κ3) is 3.21. The first-order chi connectivity index (χ1) is 12.9. The van der Waals surface area contributed by atoms with Crippen LogP contribution in [0.1, 0.15) is 58.3 Å². The molecule has 4 aliphatic carbocycles. The fourth-order valence-corrected chi connectivity index (χ4v) is 9.10. The summed E-state index contributed by atoms with van der Waals surface area (Å²) < 4.78 is 0. The average molecular weight is 409 g/mol. The van der Waals surface area contributed by atoms with Gasteiger partial charge >= 0.3 is 5.97 Å². The first kappa shape index (κ1) is 19.6. The van der Waals surface area contributed by atoms with Crippen LogP contribution >= 0.6 is 21.6 Å². The van der Waals surface area contributed by atoms with Crippen molar-refractivity contribution in [3.8, 4) is 0 Å². The largest absolute Gasteiger partial charge is 0.481 e. The minimum absolute atomic E-state index is 0.0277. The van der Waals surface area contributed by atoms with E-state index in [-0.39, 0.29) is 22.4 Å². The van der Waals surface area contributed by atoms with Crippen molar-refractivity contribution in [2.24, 2.45) is 28.6 Å². The Bertz CT molecular complexity index is 702. The van der Waals surface area contributed by atoms with Crippen molar-refractivity contribution < 1.29 is 19.5 Å². The maximum Gasteiger partial charge on any atom is 0.314 e. The van der Waals surface area contributed by atoms with Crippen LogP contribution in [0, 0.1) is 28.6 Å². The number of fused-ring (bicyclic) bond motifs is 5. The van der Waals surface area contributed by atoms with E-state index in [1.807, 2.05) is 6.08 Å². The fourth-order valence-electron chi connectivity index (χ4n) is 6.64. The van der Waals surface area contributed by atoms with Crippen molar-refractivity contribution in [2.75, 3.05) is 11.5 Å². The molecule has 0 amide bonds. The molecule has 6 heteroatoms. The Morgan fingerprint density at radius 3 is 2.70 bits per heavy atom. The molecule has 0 spiro atoms. The number of hydrogen-bond acceptors (Lipinski definition) is 5. The number of allylic oxidation sites excluding steroid dienone is 1. The van der Waals surface area contributed by atoms with Gasteiger partial charge in [0.25, 0.3) is 0 Å². The summed E-state index contributed by atoms with van der Waals surface area (Å²) in [6.07, 6.45) is 9.31. The van der Waals surface area contributed by atoms with Gasteiger partial charge in [0.2, 0.25) is 0 Å². The monoisotopic (exact) mass is 408 g/mol. The molecule has 0 aromatic carbocycles. The van der Waals surface area contributed by atoms with Crippen molar-refractivity contribution in [1.29, 1.82) is 0 Å². The Labute approximate surface area is 168 Å². The SMILES string of the molecule is C[C@]12CC[C@H]3[C@@H](CCC4=CC(=O)CC[C@@]43CSSCC(=O)O)[C@@H]1CCC2=O. The number of hydrogen-bond donors (Lipinski definition) is 1. The fraction of sp³-hybridized carbons (Fsp3) is 0.762. The lowest BCUT2D eigenvalue weighted by Crippen LogP contribution is -2.52. The van der Waals surface area contributed by atoms with Gasteiger partial charge in [0, 0.05) is 29.4 Å². The molecule has 4 aliphatic rings. The molecule has 148 valence electrons. The first-order valence-corrected chi connectivity index (χ1v) is 12.6. The van der Waals surface area contributed by atoms with Crippen molar-refractivity contribution in [1.82, 2.24) is 0 Å². The van der Waals surface area contributed by atoms with Crippen molar-refractivity contribution in [2.45, 2.75) is 58.3 Å². The van der Waals surface area contributed by atoms with E-state index in [9.17, 15) is 14.4 Å². The molecular weight excluding hydrogens is 380 g/mol. The molecule has 3 saturated carbocycles. The molecule has 1 N–H and O–H groups in total. The van der Waals surface area contributed by atoms with Crippen molar-refractivity contribution in [3.05, 3.63) is 11.6 Å². The summed E-state index contributed by atoms with van der Waals surface area (Å²) in [6.45, 7) is 2.20. The predicted molar refractivity (Wildman–Crippen MR) is 109 cm³/mol. The maximum atomic E-state index is 12.6. The highest BCUT2D eigenvalue weighted by molar-refractivity contribution is 8.76. The minimum Gasteiger partial charge on any atom is -0.481 e. The third-order valence-electron chi connectivity index (χ3n) is 7.98. The lowest BCUT2D eigenvalue weighted by Gasteiger charge is -2.58. The van der Waals surface area contributed by atoms with E-state index in [2.05, 4.69) is 6.92 Å². The first-order valence-electron chi connectivity index (χ1n) is 10.1. The average Bonchev–Trinajstić information content (AvgIpc) is 2.94. The smallest absolute Gasteiger partial charge is 0.314 e. The number of Topliss-reactive ketones (excluding diaryl/α,β-unsaturated/α-hetero) is 1. The molecule has 0 saturated heterocycles. The summed E-state index contributed by atoms with van der Waals surface area (Å²) in [7, 11) is 3.08. The molecule has 0 aromatic heterocycles. The third-order valence-corrected chi connectivity index (χ3v) is 10.3. The molecule has 4 nitrogen and oxygen atoms in total. The van der Waals surface area contributed by atoms with Gasteiger partial charge < -0.3 is 5.11 Å². The zero-order chi connectivity index (χ0) is 19.2. The highest BCUT2D eigenvalue weighted by Gasteiger charge is 2.60. The Balaban J connectivity index is 1.61. The molecule has 0 radical (unpaired) electrons. The van der Waals surface area contributed by atoms with Crippen LogP contribution in [0.5, 0.6) is 0 Å². The lowest BCUT2D eigenvalue weighted by molar-refractivity contribution is -0.134. The normalized spacial score (nSPS) is 40.8. The van der Waals surface area contributed by atoms with Crippen LogP contribution in [-0.4, -0.2) is 34.1 Å². The van der Waals surface area contributed by atoms with Crippen LogP contribution in [0.3, 0.4) is 0 Å². The van der Waals surface area contributed by atoms with Gasteiger partial charge in [-0.1, -0.05) is 34.1 Å². The van der Waals surface area contributed by atoms with Gasteiger partial charge in [-0.3, -0.25) is 14.4 Å². The lowest BCUT2D eigenvalue weighted by atomic mass is 9.47. The van der Waals surface area contributed by atoms with Crippen molar-refractivity contribution in [3.63, 3.8) is 0 Å². The van der Waals surface area contributed by atoms with E-state index < -0.39 is 5.97 Å². The number of carbonyl (C=O) groups is 3. The van der Waals surface area contributed by atoms with Crippen LogP contribution in [0.15, 0.2) is 11.6 Å². The van der Waals surface area contributed by atoms with E-state index >= 15 is 0 Å². The van der Waals surface area contributed by atoms with E-state index in [0.717, 1.165) is 50.7 Å². The van der Waals surface area contributed by atoms with E-state index in [1.54, 1.807) is 10.8 Å². The molecular formula is C21H28O4S2. The molecule has 0 heterocycles. The van der Waals surface area contributed by atoms with E-state index in [0.29, 0.717) is 30.0 Å². The molecule has 3 fully saturated rings. The second-order valence-corrected chi connectivity index (χ2v) is 11.5. The van der Waals surface area contributed by atoms with Gasteiger partial charge in [-0.25, -0.2) is 0 Å².